The number of hydrogen-bond donors (Lipinski definition) is 1. The van der Waals surface area contributed by atoms with Crippen LogP contribution in [0.15, 0.2) is 22.7 Å². The molecule has 0 unspecified atom stereocenters. The summed E-state index contributed by atoms with van der Waals surface area (Å²) in [5.41, 5.74) is 2.28. The Labute approximate surface area is 105 Å². The summed E-state index contributed by atoms with van der Waals surface area (Å²) < 4.78 is 1.06. The molecule has 1 fully saturated rings. The van der Waals surface area contributed by atoms with Gasteiger partial charge in [-0.3, -0.25) is 4.79 Å². The van der Waals surface area contributed by atoms with Gasteiger partial charge in [0.15, 0.2) is 0 Å². The normalized spacial score (nSPS) is 15.6. The number of halogens is 1. The fourth-order valence-electron chi connectivity index (χ4n) is 1.86. The molecule has 0 heterocycles. The van der Waals surface area contributed by atoms with Gasteiger partial charge in [0.2, 0.25) is 5.91 Å². The number of benzene rings is 1. The molecule has 2 rings (SSSR count). The van der Waals surface area contributed by atoms with Crippen molar-refractivity contribution in [2.45, 2.75) is 38.6 Å². The summed E-state index contributed by atoms with van der Waals surface area (Å²) in [5, 5.41) is 3.06. The maximum absolute atomic E-state index is 11.7. The zero-order valence-electron chi connectivity index (χ0n) is 9.42. The van der Waals surface area contributed by atoms with Crippen LogP contribution in [0.5, 0.6) is 0 Å². The summed E-state index contributed by atoms with van der Waals surface area (Å²) >= 11 is 3.42. The predicted octanol–water partition coefficient (Wildman–Crippen LogP) is 2.97. The molecule has 0 saturated heterocycles. The number of aryl methyl sites for hydroxylation is 1. The SMILES string of the molecule is Cc1cc(Br)ccc1CC(=O)NC1CCC1. The predicted molar refractivity (Wildman–Crippen MR) is 68.4 cm³/mol. The van der Waals surface area contributed by atoms with E-state index in [1.807, 2.05) is 25.1 Å². The Morgan fingerprint density at radius 1 is 1.50 bits per heavy atom. The van der Waals surface area contributed by atoms with Crippen LogP contribution in [0.3, 0.4) is 0 Å². The maximum Gasteiger partial charge on any atom is 0.224 e. The molecular weight excluding hydrogens is 266 g/mol. The Morgan fingerprint density at radius 2 is 2.25 bits per heavy atom. The first-order chi connectivity index (χ1) is 7.65. The first-order valence-corrected chi connectivity index (χ1v) is 6.49. The van der Waals surface area contributed by atoms with E-state index in [1.165, 1.54) is 6.42 Å². The Morgan fingerprint density at radius 3 is 2.81 bits per heavy atom. The second-order valence-electron chi connectivity index (χ2n) is 4.44. The van der Waals surface area contributed by atoms with Gasteiger partial charge in [0.1, 0.15) is 0 Å². The molecule has 16 heavy (non-hydrogen) atoms. The molecule has 1 aliphatic rings. The van der Waals surface area contributed by atoms with Gasteiger partial charge in [-0.25, -0.2) is 0 Å². The Balaban J connectivity index is 1.94. The lowest BCUT2D eigenvalue weighted by Gasteiger charge is -2.26. The first kappa shape index (κ1) is 11.6. The van der Waals surface area contributed by atoms with Crippen LogP contribution in [0.1, 0.15) is 30.4 Å². The van der Waals surface area contributed by atoms with Crippen molar-refractivity contribution in [3.63, 3.8) is 0 Å². The summed E-state index contributed by atoms with van der Waals surface area (Å²) in [5.74, 6) is 0.148. The standard InChI is InChI=1S/C13H16BrNO/c1-9-7-11(14)6-5-10(9)8-13(16)15-12-3-2-4-12/h5-7,12H,2-4,8H2,1H3,(H,15,16). The van der Waals surface area contributed by atoms with Gasteiger partial charge >= 0.3 is 0 Å². The molecule has 0 atom stereocenters. The molecular formula is C13H16BrNO. The van der Waals surface area contributed by atoms with E-state index >= 15 is 0 Å². The summed E-state index contributed by atoms with van der Waals surface area (Å²) in [6.07, 6.45) is 4.04. The second-order valence-corrected chi connectivity index (χ2v) is 5.36. The molecule has 86 valence electrons. The fraction of sp³-hybridized carbons (Fsp3) is 0.462. The molecule has 2 nitrogen and oxygen atoms in total. The van der Waals surface area contributed by atoms with Crippen molar-refractivity contribution >= 4 is 21.8 Å². The van der Waals surface area contributed by atoms with Crippen LogP contribution in [0.25, 0.3) is 0 Å². The highest BCUT2D eigenvalue weighted by Crippen LogP contribution is 2.19. The highest BCUT2D eigenvalue weighted by atomic mass is 79.9. The molecule has 0 spiro atoms. The van der Waals surface area contributed by atoms with Crippen molar-refractivity contribution in [2.24, 2.45) is 0 Å². The molecule has 1 aromatic carbocycles. The molecule has 1 aliphatic carbocycles. The lowest BCUT2D eigenvalue weighted by atomic mass is 9.93. The molecule has 1 amide bonds. The zero-order valence-corrected chi connectivity index (χ0v) is 11.0. The molecule has 0 radical (unpaired) electrons. The summed E-state index contributed by atoms with van der Waals surface area (Å²) in [7, 11) is 0. The topological polar surface area (TPSA) is 29.1 Å². The first-order valence-electron chi connectivity index (χ1n) is 5.69. The average molecular weight is 282 g/mol. The number of nitrogens with one attached hydrogen (secondary N) is 1. The van der Waals surface area contributed by atoms with Crippen molar-refractivity contribution in [3.8, 4) is 0 Å². The minimum absolute atomic E-state index is 0.148. The van der Waals surface area contributed by atoms with Gasteiger partial charge in [0, 0.05) is 10.5 Å². The lowest BCUT2D eigenvalue weighted by Crippen LogP contribution is -2.40. The van der Waals surface area contributed by atoms with Crippen molar-refractivity contribution in [1.29, 1.82) is 0 Å². The average Bonchev–Trinajstić information content (AvgIpc) is 2.16. The van der Waals surface area contributed by atoms with E-state index in [4.69, 9.17) is 0 Å². The molecule has 3 heteroatoms. The highest BCUT2D eigenvalue weighted by Gasteiger charge is 2.19. The number of carbonyl (C=O) groups is 1. The van der Waals surface area contributed by atoms with Gasteiger partial charge in [-0.1, -0.05) is 22.0 Å². The minimum atomic E-state index is 0.148. The van der Waals surface area contributed by atoms with Gasteiger partial charge in [-0.2, -0.15) is 0 Å². The van der Waals surface area contributed by atoms with Crippen molar-refractivity contribution in [3.05, 3.63) is 33.8 Å². The third-order valence-corrected chi connectivity index (χ3v) is 3.62. The highest BCUT2D eigenvalue weighted by molar-refractivity contribution is 9.10. The second kappa shape index (κ2) is 5.00. The van der Waals surface area contributed by atoms with E-state index in [0.717, 1.165) is 28.4 Å². The quantitative estimate of drug-likeness (QED) is 0.907. The third kappa shape index (κ3) is 2.85. The molecule has 1 saturated carbocycles. The van der Waals surface area contributed by atoms with E-state index in [0.29, 0.717) is 12.5 Å². The largest absolute Gasteiger partial charge is 0.353 e. The van der Waals surface area contributed by atoms with E-state index in [2.05, 4.69) is 21.2 Å². The molecule has 1 aromatic rings. The van der Waals surface area contributed by atoms with E-state index in [-0.39, 0.29) is 5.91 Å². The van der Waals surface area contributed by atoms with Crippen LogP contribution in [-0.2, 0) is 11.2 Å². The van der Waals surface area contributed by atoms with Crippen LogP contribution in [0.2, 0.25) is 0 Å². The van der Waals surface area contributed by atoms with Crippen molar-refractivity contribution in [1.82, 2.24) is 5.32 Å². The summed E-state index contributed by atoms with van der Waals surface area (Å²) in [4.78, 5) is 11.7. The number of carbonyl (C=O) groups excluding carboxylic acids is 1. The minimum Gasteiger partial charge on any atom is -0.353 e. The van der Waals surface area contributed by atoms with E-state index in [9.17, 15) is 4.79 Å². The van der Waals surface area contributed by atoms with Gasteiger partial charge in [0.25, 0.3) is 0 Å². The molecule has 0 aliphatic heterocycles. The zero-order chi connectivity index (χ0) is 11.5. The van der Waals surface area contributed by atoms with Crippen molar-refractivity contribution < 1.29 is 4.79 Å². The van der Waals surface area contributed by atoms with Gasteiger partial charge < -0.3 is 5.32 Å². The molecule has 0 bridgehead atoms. The van der Waals surface area contributed by atoms with Crippen LogP contribution in [-0.4, -0.2) is 11.9 Å². The monoisotopic (exact) mass is 281 g/mol. The Bertz CT molecular complexity index is 399. The van der Waals surface area contributed by atoms with Gasteiger partial charge in [-0.05, 0) is 49.4 Å². The van der Waals surface area contributed by atoms with Crippen LogP contribution in [0.4, 0.5) is 0 Å². The Hall–Kier alpha value is -0.830. The van der Waals surface area contributed by atoms with Crippen LogP contribution < -0.4 is 5.32 Å². The van der Waals surface area contributed by atoms with Gasteiger partial charge in [0.05, 0.1) is 6.42 Å². The van der Waals surface area contributed by atoms with E-state index in [1.54, 1.807) is 0 Å². The number of hydrogen-bond acceptors (Lipinski definition) is 1. The van der Waals surface area contributed by atoms with Crippen LogP contribution >= 0.6 is 15.9 Å². The van der Waals surface area contributed by atoms with Crippen LogP contribution in [0, 0.1) is 6.92 Å². The van der Waals surface area contributed by atoms with Gasteiger partial charge in [-0.15, -0.1) is 0 Å². The number of amides is 1. The maximum atomic E-state index is 11.7. The lowest BCUT2D eigenvalue weighted by molar-refractivity contribution is -0.121. The van der Waals surface area contributed by atoms with Crippen molar-refractivity contribution in [2.75, 3.05) is 0 Å². The van der Waals surface area contributed by atoms with E-state index < -0.39 is 0 Å². The molecule has 0 aromatic heterocycles. The summed E-state index contributed by atoms with van der Waals surface area (Å²) in [6.45, 7) is 2.04. The summed E-state index contributed by atoms with van der Waals surface area (Å²) in [6, 6.07) is 6.48. The molecule has 1 N–H and O–H groups in total. The third-order valence-electron chi connectivity index (χ3n) is 3.13. The number of rotatable bonds is 3. The Kier molecular flexibility index (Phi) is 3.64. The fourth-order valence-corrected chi connectivity index (χ4v) is 2.34. The smallest absolute Gasteiger partial charge is 0.224 e.